The molecular weight excluding hydrogens is 356 g/mol. The van der Waals surface area contributed by atoms with E-state index in [1.54, 1.807) is 37.4 Å². The summed E-state index contributed by atoms with van der Waals surface area (Å²) in [5.41, 5.74) is 1.06. The number of nitrogens with zero attached hydrogens (tertiary/aromatic N) is 2. The Kier molecular flexibility index (Phi) is 5.65. The van der Waals surface area contributed by atoms with Crippen molar-refractivity contribution in [2.75, 3.05) is 5.32 Å². The first-order chi connectivity index (χ1) is 13.0. The van der Waals surface area contributed by atoms with Gasteiger partial charge in [0, 0.05) is 6.20 Å². The van der Waals surface area contributed by atoms with E-state index in [0.717, 1.165) is 5.56 Å². The minimum absolute atomic E-state index is 0.115. The van der Waals surface area contributed by atoms with Crippen LogP contribution < -0.4 is 14.8 Å². The average molecular weight is 373 g/mol. The normalized spacial score (nSPS) is 10.7. The molecule has 0 fully saturated rings. The van der Waals surface area contributed by atoms with Gasteiger partial charge in [-0.2, -0.15) is 13.9 Å². The molecule has 1 aromatic heterocycles. The molecule has 0 radical (unpaired) electrons. The summed E-state index contributed by atoms with van der Waals surface area (Å²) < 4.78 is 36.5. The monoisotopic (exact) mass is 373 g/mol. The zero-order valence-electron chi connectivity index (χ0n) is 14.4. The number of rotatable bonds is 7. The lowest BCUT2D eigenvalue weighted by atomic mass is 10.2. The van der Waals surface area contributed by atoms with Gasteiger partial charge in [0.15, 0.2) is 12.4 Å². The molecule has 3 rings (SSSR count). The van der Waals surface area contributed by atoms with E-state index in [-0.39, 0.29) is 23.9 Å². The van der Waals surface area contributed by atoms with Crippen molar-refractivity contribution in [2.45, 2.75) is 20.3 Å². The molecule has 27 heavy (non-hydrogen) atoms. The van der Waals surface area contributed by atoms with Gasteiger partial charge in [0.1, 0.15) is 11.5 Å². The van der Waals surface area contributed by atoms with E-state index in [1.807, 2.05) is 18.2 Å². The smallest absolute Gasteiger partial charge is 0.387 e. The highest BCUT2D eigenvalue weighted by Crippen LogP contribution is 2.27. The Morgan fingerprint density at radius 3 is 2.70 bits per heavy atom. The van der Waals surface area contributed by atoms with Crippen molar-refractivity contribution in [3.63, 3.8) is 0 Å². The van der Waals surface area contributed by atoms with E-state index in [2.05, 4.69) is 15.2 Å². The van der Waals surface area contributed by atoms with E-state index in [0.29, 0.717) is 5.75 Å². The average Bonchev–Trinajstić information content (AvgIpc) is 3.12. The van der Waals surface area contributed by atoms with Crippen molar-refractivity contribution < 1.29 is 23.0 Å². The second-order valence-corrected chi connectivity index (χ2v) is 5.66. The predicted molar refractivity (Wildman–Crippen MR) is 95.1 cm³/mol. The van der Waals surface area contributed by atoms with Crippen LogP contribution in [0, 0.1) is 6.92 Å². The lowest BCUT2D eigenvalue weighted by Crippen LogP contribution is -2.15. The summed E-state index contributed by atoms with van der Waals surface area (Å²) in [6, 6.07) is 15.2. The minimum Gasteiger partial charge on any atom is -0.471 e. The fourth-order valence-electron chi connectivity index (χ4n) is 2.34. The lowest BCUT2D eigenvalue weighted by molar-refractivity contribution is -0.0493. The van der Waals surface area contributed by atoms with Crippen LogP contribution in [0.1, 0.15) is 16.1 Å². The number of ether oxygens (including phenoxy) is 2. The molecule has 0 aliphatic rings. The van der Waals surface area contributed by atoms with Gasteiger partial charge < -0.3 is 14.8 Å². The highest BCUT2D eigenvalue weighted by molar-refractivity contribution is 6.03. The summed E-state index contributed by atoms with van der Waals surface area (Å²) >= 11 is 0. The number of alkyl halides is 2. The van der Waals surface area contributed by atoms with Gasteiger partial charge >= 0.3 is 6.61 Å². The third-order valence-corrected chi connectivity index (χ3v) is 3.58. The molecule has 0 bridgehead atoms. The Balaban J connectivity index is 1.67. The molecule has 0 aliphatic heterocycles. The number of hydrogen-bond acceptors (Lipinski definition) is 4. The van der Waals surface area contributed by atoms with Crippen molar-refractivity contribution >= 4 is 11.6 Å². The summed E-state index contributed by atoms with van der Waals surface area (Å²) in [4.78, 5) is 12.4. The van der Waals surface area contributed by atoms with Gasteiger partial charge in [-0.3, -0.25) is 4.79 Å². The van der Waals surface area contributed by atoms with Crippen LogP contribution in [-0.2, 0) is 6.73 Å². The number of benzene rings is 2. The summed E-state index contributed by atoms with van der Waals surface area (Å²) in [5, 5.41) is 6.67. The molecule has 1 heterocycles. The van der Waals surface area contributed by atoms with Gasteiger partial charge in [0.2, 0.25) is 0 Å². The zero-order chi connectivity index (χ0) is 19.2. The molecule has 1 amide bonds. The molecule has 0 saturated heterocycles. The molecule has 1 N–H and O–H groups in total. The molecule has 0 atom stereocenters. The van der Waals surface area contributed by atoms with Crippen molar-refractivity contribution in [1.82, 2.24) is 9.78 Å². The van der Waals surface area contributed by atoms with Gasteiger partial charge in [-0.1, -0.05) is 24.3 Å². The predicted octanol–water partition coefficient (Wildman–Crippen LogP) is 4.08. The minimum atomic E-state index is -2.99. The van der Waals surface area contributed by atoms with E-state index in [1.165, 1.54) is 16.8 Å². The Hall–Kier alpha value is -3.42. The van der Waals surface area contributed by atoms with E-state index >= 15 is 0 Å². The van der Waals surface area contributed by atoms with Gasteiger partial charge in [0.05, 0.1) is 5.69 Å². The number of nitrogens with one attached hydrogen (secondary N) is 1. The van der Waals surface area contributed by atoms with E-state index in [9.17, 15) is 13.6 Å². The molecule has 0 saturated carbocycles. The Bertz CT molecular complexity index is 914. The molecule has 8 heteroatoms. The molecule has 0 aliphatic carbocycles. The van der Waals surface area contributed by atoms with Crippen LogP contribution in [-0.4, -0.2) is 22.3 Å². The summed E-state index contributed by atoms with van der Waals surface area (Å²) in [5.74, 6) is 0.0153. The standard InChI is InChI=1S/C19H17F2N3O3/c1-13-7-8-17(27-19(20)21)16(11-13)22-18(25)15-9-10-24(23-15)12-26-14-5-3-2-4-6-14/h2-11,19H,12H2,1H3,(H,22,25). The maximum absolute atomic E-state index is 12.5. The van der Waals surface area contributed by atoms with Crippen LogP contribution in [0.4, 0.5) is 14.5 Å². The largest absolute Gasteiger partial charge is 0.471 e. The number of carbonyl (C=O) groups is 1. The van der Waals surface area contributed by atoms with Crippen LogP contribution in [0.3, 0.4) is 0 Å². The van der Waals surface area contributed by atoms with Crippen LogP contribution in [0.2, 0.25) is 0 Å². The molecular formula is C19H17F2N3O3. The Morgan fingerprint density at radius 1 is 1.19 bits per heavy atom. The molecule has 3 aromatic rings. The Morgan fingerprint density at radius 2 is 1.96 bits per heavy atom. The Labute approximate surface area is 154 Å². The number of halogens is 2. The highest BCUT2D eigenvalue weighted by Gasteiger charge is 2.15. The van der Waals surface area contributed by atoms with Crippen molar-refractivity contribution in [2.24, 2.45) is 0 Å². The van der Waals surface area contributed by atoms with Crippen molar-refractivity contribution in [1.29, 1.82) is 0 Å². The van der Waals surface area contributed by atoms with Gasteiger partial charge in [0.25, 0.3) is 5.91 Å². The summed E-state index contributed by atoms with van der Waals surface area (Å²) in [6.07, 6.45) is 1.59. The van der Waals surface area contributed by atoms with Crippen LogP contribution in [0.15, 0.2) is 60.8 Å². The topological polar surface area (TPSA) is 65.4 Å². The number of amides is 1. The maximum atomic E-state index is 12.5. The summed E-state index contributed by atoms with van der Waals surface area (Å²) in [7, 11) is 0. The SMILES string of the molecule is Cc1ccc(OC(F)F)c(NC(=O)c2ccn(COc3ccccc3)n2)c1. The zero-order valence-corrected chi connectivity index (χ0v) is 14.4. The third-order valence-electron chi connectivity index (χ3n) is 3.58. The quantitative estimate of drug-likeness (QED) is 0.678. The van der Waals surface area contributed by atoms with Crippen LogP contribution in [0.5, 0.6) is 11.5 Å². The first-order valence-electron chi connectivity index (χ1n) is 8.09. The number of carbonyl (C=O) groups excluding carboxylic acids is 1. The first kappa shape index (κ1) is 18.4. The molecule has 140 valence electrons. The first-order valence-corrected chi connectivity index (χ1v) is 8.09. The maximum Gasteiger partial charge on any atom is 0.387 e. The van der Waals surface area contributed by atoms with Gasteiger partial charge in [-0.15, -0.1) is 0 Å². The fraction of sp³-hybridized carbons (Fsp3) is 0.158. The van der Waals surface area contributed by atoms with Crippen LogP contribution in [0.25, 0.3) is 0 Å². The van der Waals surface area contributed by atoms with Gasteiger partial charge in [-0.25, -0.2) is 4.68 Å². The molecule has 0 unspecified atom stereocenters. The molecule has 2 aromatic carbocycles. The molecule has 6 nitrogen and oxygen atoms in total. The fourth-order valence-corrected chi connectivity index (χ4v) is 2.34. The lowest BCUT2D eigenvalue weighted by Gasteiger charge is -2.12. The number of aryl methyl sites for hydroxylation is 1. The number of aromatic nitrogens is 2. The molecule has 0 spiro atoms. The van der Waals surface area contributed by atoms with Crippen LogP contribution >= 0.6 is 0 Å². The third kappa shape index (κ3) is 5.04. The number of para-hydroxylation sites is 1. The highest BCUT2D eigenvalue weighted by atomic mass is 19.3. The van der Waals surface area contributed by atoms with E-state index in [4.69, 9.17) is 4.74 Å². The second-order valence-electron chi connectivity index (χ2n) is 5.66. The van der Waals surface area contributed by atoms with Crippen molar-refractivity contribution in [3.8, 4) is 11.5 Å². The second kappa shape index (κ2) is 8.31. The number of hydrogen-bond donors (Lipinski definition) is 1. The summed E-state index contributed by atoms with van der Waals surface area (Å²) in [6.45, 7) is -1.09. The van der Waals surface area contributed by atoms with E-state index < -0.39 is 12.5 Å². The van der Waals surface area contributed by atoms with Gasteiger partial charge in [-0.05, 0) is 42.8 Å². The number of anilines is 1. The van der Waals surface area contributed by atoms with Crippen molar-refractivity contribution in [3.05, 3.63) is 72.1 Å².